The van der Waals surface area contributed by atoms with Gasteiger partial charge in [0, 0.05) is 19.6 Å². The zero-order chi connectivity index (χ0) is 20.3. The molecule has 8 heteroatoms. The van der Waals surface area contributed by atoms with Gasteiger partial charge in [-0.25, -0.2) is 14.2 Å². The number of amides is 1. The van der Waals surface area contributed by atoms with E-state index in [4.69, 9.17) is 0 Å². The molecule has 6 nitrogen and oxygen atoms in total. The summed E-state index contributed by atoms with van der Waals surface area (Å²) in [6.45, 7) is 5.28. The highest BCUT2D eigenvalue weighted by Crippen LogP contribution is 2.28. The molecule has 1 saturated heterocycles. The van der Waals surface area contributed by atoms with Crippen molar-refractivity contribution in [1.29, 1.82) is 0 Å². The molecule has 1 amide bonds. The quantitative estimate of drug-likeness (QED) is 0.747. The van der Waals surface area contributed by atoms with Crippen molar-refractivity contribution in [2.24, 2.45) is 0 Å². The molecule has 0 atom stereocenters. The van der Waals surface area contributed by atoms with E-state index in [1.165, 1.54) is 23.9 Å². The number of aromatic carboxylic acids is 1. The van der Waals surface area contributed by atoms with Crippen LogP contribution in [0.3, 0.4) is 0 Å². The number of thioether (sulfide) groups is 1. The summed E-state index contributed by atoms with van der Waals surface area (Å²) in [6, 6.07) is 7.97. The van der Waals surface area contributed by atoms with E-state index in [-0.39, 0.29) is 23.8 Å². The molecule has 0 aliphatic carbocycles. The second-order valence-corrected chi connectivity index (χ2v) is 7.84. The maximum atomic E-state index is 13.4. The lowest BCUT2D eigenvalue weighted by molar-refractivity contribution is -0.131. The molecule has 1 fully saturated rings. The van der Waals surface area contributed by atoms with Crippen LogP contribution in [0.15, 0.2) is 35.4 Å². The Labute approximate surface area is 167 Å². The third kappa shape index (κ3) is 4.44. The number of carboxylic acid groups (broad SMARTS) is 1. The number of carbonyl (C=O) groups excluding carboxylic acids is 1. The molecular formula is C20H22FN3O3S. The number of benzene rings is 1. The van der Waals surface area contributed by atoms with Gasteiger partial charge < -0.3 is 14.9 Å². The summed E-state index contributed by atoms with van der Waals surface area (Å²) < 4.78 is 13.4. The molecule has 1 N–H and O–H groups in total. The second-order valence-electron chi connectivity index (χ2n) is 6.58. The van der Waals surface area contributed by atoms with Gasteiger partial charge in [-0.2, -0.15) is 0 Å². The van der Waals surface area contributed by atoms with Gasteiger partial charge in [-0.05, 0) is 42.0 Å². The van der Waals surface area contributed by atoms with Gasteiger partial charge in [-0.15, -0.1) is 11.8 Å². The van der Waals surface area contributed by atoms with Crippen molar-refractivity contribution < 1.29 is 19.1 Å². The van der Waals surface area contributed by atoms with Gasteiger partial charge in [0.05, 0.1) is 12.1 Å². The highest BCUT2D eigenvalue weighted by molar-refractivity contribution is 7.99. The van der Waals surface area contributed by atoms with Crippen LogP contribution in [0.4, 0.5) is 10.2 Å². The van der Waals surface area contributed by atoms with Crippen molar-refractivity contribution in [2.45, 2.75) is 25.4 Å². The minimum absolute atomic E-state index is 0.0676. The Hall–Kier alpha value is -2.61. The number of carboxylic acids is 1. The number of pyridine rings is 1. The molecule has 2 heterocycles. The molecular weight excluding hydrogens is 381 g/mol. The van der Waals surface area contributed by atoms with Crippen molar-refractivity contribution in [3.05, 3.63) is 52.8 Å². The molecule has 3 rings (SSSR count). The fourth-order valence-electron chi connectivity index (χ4n) is 3.22. The monoisotopic (exact) mass is 403 g/mol. The van der Waals surface area contributed by atoms with Crippen molar-refractivity contribution in [3.63, 3.8) is 0 Å². The maximum Gasteiger partial charge on any atom is 0.338 e. The van der Waals surface area contributed by atoms with Gasteiger partial charge in [0.2, 0.25) is 5.91 Å². The average molecular weight is 403 g/mol. The number of hydrogen-bond acceptors (Lipinski definition) is 5. The predicted octanol–water partition coefficient (Wildman–Crippen LogP) is 3.19. The van der Waals surface area contributed by atoms with E-state index in [1.54, 1.807) is 30.0 Å². The third-order valence-electron chi connectivity index (χ3n) is 4.57. The highest BCUT2D eigenvalue weighted by atomic mass is 32.2. The number of anilines is 1. The lowest BCUT2D eigenvalue weighted by Gasteiger charge is -2.35. The SMILES string of the molecule is CCSc1nc(N2CCN(Cc3cccc(F)c3)C(=O)C2)cc(C)c1C(=O)O. The first-order valence-corrected chi connectivity index (χ1v) is 10.0. The lowest BCUT2D eigenvalue weighted by atomic mass is 10.1. The number of aryl methyl sites for hydroxylation is 1. The number of carbonyl (C=O) groups is 2. The number of aromatic nitrogens is 1. The summed E-state index contributed by atoms with van der Waals surface area (Å²) in [7, 11) is 0. The number of halogens is 1. The van der Waals surface area contributed by atoms with E-state index in [1.807, 2.05) is 11.8 Å². The Balaban J connectivity index is 1.76. The minimum atomic E-state index is -0.997. The first-order chi connectivity index (χ1) is 13.4. The van der Waals surface area contributed by atoms with Gasteiger partial charge in [0.15, 0.2) is 0 Å². The molecule has 1 aliphatic heterocycles. The second kappa shape index (κ2) is 8.60. The molecule has 2 aromatic rings. The maximum absolute atomic E-state index is 13.4. The standard InChI is InChI=1S/C20H22FN3O3S/c1-3-28-19-18(20(26)27)13(2)9-16(22-19)23-7-8-24(17(25)12-23)11-14-5-4-6-15(21)10-14/h4-6,9-10H,3,7-8,11-12H2,1-2H3,(H,26,27). The fourth-order valence-corrected chi connectivity index (χ4v) is 4.04. The zero-order valence-electron chi connectivity index (χ0n) is 15.8. The van der Waals surface area contributed by atoms with Gasteiger partial charge in [0.1, 0.15) is 16.7 Å². The van der Waals surface area contributed by atoms with Crippen molar-refractivity contribution in [3.8, 4) is 0 Å². The van der Waals surface area contributed by atoms with E-state index in [0.29, 0.717) is 41.8 Å². The Morgan fingerprint density at radius 3 is 2.75 bits per heavy atom. The Morgan fingerprint density at radius 2 is 2.11 bits per heavy atom. The molecule has 0 spiro atoms. The molecule has 1 aromatic carbocycles. The van der Waals surface area contributed by atoms with Crippen molar-refractivity contribution in [2.75, 3.05) is 30.3 Å². The summed E-state index contributed by atoms with van der Waals surface area (Å²) in [6.07, 6.45) is 0. The summed E-state index contributed by atoms with van der Waals surface area (Å²) in [4.78, 5) is 32.2. The summed E-state index contributed by atoms with van der Waals surface area (Å²) in [5.41, 5.74) is 1.60. The predicted molar refractivity (Wildman–Crippen MR) is 106 cm³/mol. The van der Waals surface area contributed by atoms with E-state index >= 15 is 0 Å². The van der Waals surface area contributed by atoms with Crippen LogP contribution in [0.5, 0.6) is 0 Å². The van der Waals surface area contributed by atoms with Gasteiger partial charge in [0.25, 0.3) is 0 Å². The topological polar surface area (TPSA) is 73.7 Å². The van der Waals surface area contributed by atoms with Crippen LogP contribution in [0, 0.1) is 12.7 Å². The van der Waals surface area contributed by atoms with Crippen LogP contribution in [0.2, 0.25) is 0 Å². The van der Waals surface area contributed by atoms with Crippen LogP contribution in [-0.2, 0) is 11.3 Å². The summed E-state index contributed by atoms with van der Waals surface area (Å²) >= 11 is 1.38. The van der Waals surface area contributed by atoms with Crippen molar-refractivity contribution in [1.82, 2.24) is 9.88 Å². The van der Waals surface area contributed by atoms with E-state index in [2.05, 4.69) is 4.98 Å². The van der Waals surface area contributed by atoms with Crippen LogP contribution in [0.25, 0.3) is 0 Å². The third-order valence-corrected chi connectivity index (χ3v) is 5.43. The molecule has 28 heavy (non-hydrogen) atoms. The summed E-state index contributed by atoms with van der Waals surface area (Å²) in [5.74, 6) is -0.0679. The van der Waals surface area contributed by atoms with E-state index in [9.17, 15) is 19.1 Å². The van der Waals surface area contributed by atoms with E-state index < -0.39 is 5.97 Å². The number of rotatable bonds is 6. The Bertz CT molecular complexity index is 906. The summed E-state index contributed by atoms with van der Waals surface area (Å²) in [5, 5.41) is 9.93. The Morgan fingerprint density at radius 1 is 1.32 bits per heavy atom. The largest absolute Gasteiger partial charge is 0.478 e. The molecule has 1 aromatic heterocycles. The zero-order valence-corrected chi connectivity index (χ0v) is 16.6. The first kappa shape index (κ1) is 20.1. The van der Waals surface area contributed by atoms with Gasteiger partial charge in [-0.3, -0.25) is 4.79 Å². The lowest BCUT2D eigenvalue weighted by Crippen LogP contribution is -2.50. The molecule has 0 saturated carbocycles. The van der Waals surface area contributed by atoms with Gasteiger partial charge in [-0.1, -0.05) is 19.1 Å². The smallest absolute Gasteiger partial charge is 0.338 e. The minimum Gasteiger partial charge on any atom is -0.478 e. The van der Waals surface area contributed by atoms with Crippen LogP contribution < -0.4 is 4.90 Å². The fraction of sp³-hybridized carbons (Fsp3) is 0.350. The molecule has 148 valence electrons. The van der Waals surface area contributed by atoms with Crippen molar-refractivity contribution >= 4 is 29.5 Å². The molecule has 0 bridgehead atoms. The highest BCUT2D eigenvalue weighted by Gasteiger charge is 2.26. The van der Waals surface area contributed by atoms with E-state index in [0.717, 1.165) is 5.56 Å². The Kier molecular flexibility index (Phi) is 6.18. The number of hydrogen-bond donors (Lipinski definition) is 1. The van der Waals surface area contributed by atoms with Gasteiger partial charge >= 0.3 is 5.97 Å². The van der Waals surface area contributed by atoms with Crippen LogP contribution in [0.1, 0.15) is 28.4 Å². The molecule has 0 radical (unpaired) electrons. The normalized spacial score (nSPS) is 14.5. The van der Waals surface area contributed by atoms with Crippen LogP contribution >= 0.6 is 11.8 Å². The first-order valence-electron chi connectivity index (χ1n) is 9.04. The number of piperazine rings is 1. The number of nitrogens with zero attached hydrogens (tertiary/aromatic N) is 3. The molecule has 0 unspecified atom stereocenters. The average Bonchev–Trinajstić information content (AvgIpc) is 2.63. The van der Waals surface area contributed by atoms with Crippen LogP contribution in [-0.4, -0.2) is 52.3 Å². The molecule has 1 aliphatic rings.